The van der Waals surface area contributed by atoms with Crippen molar-refractivity contribution in [3.05, 3.63) is 47.3 Å². The number of ether oxygens (including phenoxy) is 1. The van der Waals surface area contributed by atoms with Crippen LogP contribution in [0.5, 0.6) is 5.75 Å². The van der Waals surface area contributed by atoms with Gasteiger partial charge >= 0.3 is 0 Å². The van der Waals surface area contributed by atoms with Crippen LogP contribution in [0.15, 0.2) is 34.9 Å². The van der Waals surface area contributed by atoms with E-state index in [-0.39, 0.29) is 0 Å². The van der Waals surface area contributed by atoms with Crippen molar-refractivity contribution in [3.8, 4) is 5.75 Å². The molecule has 0 spiro atoms. The van der Waals surface area contributed by atoms with Crippen molar-refractivity contribution in [3.63, 3.8) is 0 Å². The SMILES string of the molecule is COc1ccccc1CN1CCN(Cc2cc(C)no2)CC1. The fourth-order valence-corrected chi connectivity index (χ4v) is 2.89. The average Bonchev–Trinajstić information content (AvgIpc) is 2.95. The summed E-state index contributed by atoms with van der Waals surface area (Å²) in [6, 6.07) is 10.3. The molecule has 1 aromatic heterocycles. The average molecular weight is 301 g/mol. The number of rotatable bonds is 5. The van der Waals surface area contributed by atoms with Gasteiger partial charge in [0.2, 0.25) is 0 Å². The minimum atomic E-state index is 0.851. The zero-order chi connectivity index (χ0) is 15.4. The number of methoxy groups -OCH3 is 1. The molecule has 5 nitrogen and oxygen atoms in total. The molecule has 0 radical (unpaired) electrons. The van der Waals surface area contributed by atoms with Gasteiger partial charge in [-0.25, -0.2) is 0 Å². The Bertz CT molecular complexity index is 603. The first-order chi connectivity index (χ1) is 10.7. The normalized spacial score (nSPS) is 16.8. The van der Waals surface area contributed by atoms with Gasteiger partial charge < -0.3 is 9.26 Å². The van der Waals surface area contributed by atoms with E-state index in [9.17, 15) is 0 Å². The third-order valence-electron chi connectivity index (χ3n) is 4.11. The fourth-order valence-electron chi connectivity index (χ4n) is 2.89. The highest BCUT2D eigenvalue weighted by molar-refractivity contribution is 5.33. The number of benzene rings is 1. The molecule has 1 saturated heterocycles. The first kappa shape index (κ1) is 15.1. The van der Waals surface area contributed by atoms with Crippen molar-refractivity contribution < 1.29 is 9.26 Å². The molecule has 1 aliphatic heterocycles. The maximum atomic E-state index is 5.43. The van der Waals surface area contributed by atoms with Crippen LogP contribution in [0, 0.1) is 6.92 Å². The largest absolute Gasteiger partial charge is 0.496 e. The Morgan fingerprint density at radius 1 is 1.09 bits per heavy atom. The van der Waals surface area contributed by atoms with E-state index in [1.165, 1.54) is 5.56 Å². The topological polar surface area (TPSA) is 41.7 Å². The standard InChI is InChI=1S/C17H23N3O2/c1-14-11-16(22-18-14)13-20-9-7-19(8-10-20)12-15-5-3-4-6-17(15)21-2/h3-6,11H,7-10,12-13H2,1-2H3. The number of nitrogens with zero attached hydrogens (tertiary/aromatic N) is 3. The Balaban J connectivity index is 1.51. The lowest BCUT2D eigenvalue weighted by atomic mass is 10.1. The fraction of sp³-hybridized carbons (Fsp3) is 0.471. The molecule has 1 fully saturated rings. The van der Waals surface area contributed by atoms with E-state index < -0.39 is 0 Å². The minimum Gasteiger partial charge on any atom is -0.496 e. The Labute approximate surface area is 131 Å². The molecule has 0 saturated carbocycles. The van der Waals surface area contributed by atoms with Gasteiger partial charge in [0.1, 0.15) is 5.75 Å². The van der Waals surface area contributed by atoms with Crippen LogP contribution >= 0.6 is 0 Å². The first-order valence-electron chi connectivity index (χ1n) is 7.73. The van der Waals surface area contributed by atoms with E-state index in [1.54, 1.807) is 7.11 Å². The predicted octanol–water partition coefficient (Wildman–Crippen LogP) is 2.31. The molecule has 0 aliphatic carbocycles. The van der Waals surface area contributed by atoms with Gasteiger partial charge in [0.15, 0.2) is 5.76 Å². The van der Waals surface area contributed by atoms with E-state index in [0.717, 1.165) is 56.5 Å². The molecule has 3 rings (SSSR count). The van der Waals surface area contributed by atoms with Crippen molar-refractivity contribution in [1.29, 1.82) is 0 Å². The van der Waals surface area contributed by atoms with Gasteiger partial charge in [0.05, 0.1) is 19.3 Å². The summed E-state index contributed by atoms with van der Waals surface area (Å²) < 4.78 is 10.7. The molecular formula is C17H23N3O2. The van der Waals surface area contributed by atoms with E-state index >= 15 is 0 Å². The second kappa shape index (κ2) is 6.94. The summed E-state index contributed by atoms with van der Waals surface area (Å²) in [5.74, 6) is 1.93. The van der Waals surface area contributed by atoms with Gasteiger partial charge in [-0.3, -0.25) is 9.80 Å². The van der Waals surface area contributed by atoms with Gasteiger partial charge in [0.25, 0.3) is 0 Å². The third kappa shape index (κ3) is 3.67. The molecule has 1 aliphatic rings. The molecular weight excluding hydrogens is 278 g/mol. The molecule has 1 aromatic carbocycles. The van der Waals surface area contributed by atoms with Gasteiger partial charge in [-0.2, -0.15) is 0 Å². The number of aromatic nitrogens is 1. The van der Waals surface area contributed by atoms with Gasteiger partial charge in [0, 0.05) is 44.4 Å². The van der Waals surface area contributed by atoms with Crippen LogP contribution in [-0.2, 0) is 13.1 Å². The van der Waals surface area contributed by atoms with E-state index in [2.05, 4.69) is 27.1 Å². The lowest BCUT2D eigenvalue weighted by Gasteiger charge is -2.34. The van der Waals surface area contributed by atoms with E-state index in [1.807, 2.05) is 25.1 Å². The van der Waals surface area contributed by atoms with Crippen LogP contribution in [0.3, 0.4) is 0 Å². The number of aryl methyl sites for hydroxylation is 1. The Morgan fingerprint density at radius 2 is 1.77 bits per heavy atom. The van der Waals surface area contributed by atoms with Crippen molar-refractivity contribution in [1.82, 2.24) is 15.0 Å². The highest BCUT2D eigenvalue weighted by atomic mass is 16.5. The third-order valence-corrected chi connectivity index (χ3v) is 4.11. The number of hydrogen-bond acceptors (Lipinski definition) is 5. The Kier molecular flexibility index (Phi) is 4.75. The van der Waals surface area contributed by atoms with Crippen molar-refractivity contribution in [2.75, 3.05) is 33.3 Å². The van der Waals surface area contributed by atoms with Crippen molar-refractivity contribution >= 4 is 0 Å². The maximum Gasteiger partial charge on any atom is 0.150 e. The van der Waals surface area contributed by atoms with E-state index in [0.29, 0.717) is 0 Å². The summed E-state index contributed by atoms with van der Waals surface area (Å²) in [5.41, 5.74) is 2.20. The Morgan fingerprint density at radius 3 is 2.41 bits per heavy atom. The highest BCUT2D eigenvalue weighted by Gasteiger charge is 2.19. The summed E-state index contributed by atoms with van der Waals surface area (Å²) in [6.45, 7) is 7.97. The van der Waals surface area contributed by atoms with Crippen LogP contribution in [0.4, 0.5) is 0 Å². The molecule has 0 N–H and O–H groups in total. The highest BCUT2D eigenvalue weighted by Crippen LogP contribution is 2.20. The van der Waals surface area contributed by atoms with Crippen LogP contribution in [-0.4, -0.2) is 48.2 Å². The zero-order valence-corrected chi connectivity index (χ0v) is 13.3. The summed E-state index contributed by atoms with van der Waals surface area (Å²) >= 11 is 0. The van der Waals surface area contributed by atoms with E-state index in [4.69, 9.17) is 9.26 Å². The molecule has 2 aromatic rings. The lowest BCUT2D eigenvalue weighted by molar-refractivity contribution is 0.113. The molecule has 0 unspecified atom stereocenters. The molecule has 22 heavy (non-hydrogen) atoms. The van der Waals surface area contributed by atoms with Crippen LogP contribution in [0.2, 0.25) is 0 Å². The number of para-hydroxylation sites is 1. The second-order valence-corrected chi connectivity index (χ2v) is 5.80. The quantitative estimate of drug-likeness (QED) is 0.848. The van der Waals surface area contributed by atoms with Crippen molar-refractivity contribution in [2.45, 2.75) is 20.0 Å². The summed E-state index contributed by atoms with van der Waals surface area (Å²) in [7, 11) is 1.73. The molecule has 2 heterocycles. The maximum absolute atomic E-state index is 5.43. The second-order valence-electron chi connectivity index (χ2n) is 5.80. The minimum absolute atomic E-state index is 0.851. The summed E-state index contributed by atoms with van der Waals surface area (Å²) in [5, 5.41) is 3.95. The van der Waals surface area contributed by atoms with Crippen LogP contribution in [0.1, 0.15) is 17.0 Å². The first-order valence-corrected chi connectivity index (χ1v) is 7.73. The number of hydrogen-bond donors (Lipinski definition) is 0. The monoisotopic (exact) mass is 301 g/mol. The Hall–Kier alpha value is -1.85. The molecule has 0 amide bonds. The van der Waals surface area contributed by atoms with Gasteiger partial charge in [-0.15, -0.1) is 0 Å². The van der Waals surface area contributed by atoms with Crippen LogP contribution in [0.25, 0.3) is 0 Å². The summed E-state index contributed by atoms with van der Waals surface area (Å²) in [4.78, 5) is 4.89. The molecule has 0 atom stereocenters. The molecule has 118 valence electrons. The molecule has 0 bridgehead atoms. The summed E-state index contributed by atoms with van der Waals surface area (Å²) in [6.07, 6.45) is 0. The molecule has 5 heteroatoms. The van der Waals surface area contributed by atoms with Gasteiger partial charge in [-0.1, -0.05) is 23.4 Å². The lowest BCUT2D eigenvalue weighted by Crippen LogP contribution is -2.45. The zero-order valence-electron chi connectivity index (χ0n) is 13.3. The number of piperazine rings is 1. The van der Waals surface area contributed by atoms with Gasteiger partial charge in [-0.05, 0) is 13.0 Å². The van der Waals surface area contributed by atoms with Crippen molar-refractivity contribution in [2.24, 2.45) is 0 Å². The smallest absolute Gasteiger partial charge is 0.150 e. The predicted molar refractivity (Wildman–Crippen MR) is 84.8 cm³/mol. The van der Waals surface area contributed by atoms with Crippen LogP contribution < -0.4 is 4.74 Å².